The van der Waals surface area contributed by atoms with E-state index in [1.807, 2.05) is 30.3 Å². The Morgan fingerprint density at radius 2 is 1.88 bits per heavy atom. The largest absolute Gasteiger partial charge is 0.457 e. The number of nitrogens with one attached hydrogen (secondary N) is 1. The van der Waals surface area contributed by atoms with Gasteiger partial charge in [-0.25, -0.2) is 0 Å². The third-order valence-corrected chi connectivity index (χ3v) is 6.60. The fourth-order valence-corrected chi connectivity index (χ4v) is 5.59. The molecule has 0 aromatic heterocycles. The van der Waals surface area contributed by atoms with E-state index in [4.69, 9.17) is 4.74 Å². The highest BCUT2D eigenvalue weighted by atomic mass is 16.5. The van der Waals surface area contributed by atoms with Gasteiger partial charge in [0.1, 0.15) is 11.5 Å². The summed E-state index contributed by atoms with van der Waals surface area (Å²) in [4.78, 5) is 0. The molecule has 124 valence electrons. The Morgan fingerprint density at radius 1 is 0.958 bits per heavy atom. The Kier molecular flexibility index (Phi) is 3.41. The van der Waals surface area contributed by atoms with Crippen molar-refractivity contribution in [1.82, 2.24) is 5.32 Å². The van der Waals surface area contributed by atoms with Crippen LogP contribution in [0.4, 0.5) is 0 Å². The van der Waals surface area contributed by atoms with Gasteiger partial charge in [0, 0.05) is 11.5 Å². The Bertz CT molecular complexity index is 737. The Labute approximate surface area is 144 Å². The lowest BCUT2D eigenvalue weighted by atomic mass is 9.53. The summed E-state index contributed by atoms with van der Waals surface area (Å²) in [6.45, 7) is 1.17. The Hall–Kier alpha value is -1.80. The normalized spacial score (nSPS) is 31.0. The monoisotopic (exact) mass is 319 g/mol. The molecule has 2 fully saturated rings. The van der Waals surface area contributed by atoms with Crippen LogP contribution >= 0.6 is 0 Å². The molecule has 2 heteroatoms. The van der Waals surface area contributed by atoms with Crippen molar-refractivity contribution >= 4 is 0 Å². The quantitative estimate of drug-likeness (QED) is 0.856. The summed E-state index contributed by atoms with van der Waals surface area (Å²) in [5.74, 6) is 2.74. The van der Waals surface area contributed by atoms with Gasteiger partial charge in [0.25, 0.3) is 0 Å². The third kappa shape index (κ3) is 2.20. The number of hydrogen-bond acceptors (Lipinski definition) is 2. The molecular formula is C22H25NO. The fraction of sp³-hybridized carbons (Fsp3) is 0.455. The summed E-state index contributed by atoms with van der Waals surface area (Å²) in [5, 5.41) is 3.81. The van der Waals surface area contributed by atoms with E-state index in [0.717, 1.165) is 17.4 Å². The second-order valence-corrected chi connectivity index (χ2v) is 7.76. The molecule has 0 amide bonds. The first-order valence-corrected chi connectivity index (χ1v) is 9.45. The number of ether oxygens (including phenoxy) is 1. The van der Waals surface area contributed by atoms with Crippen molar-refractivity contribution in [2.45, 2.75) is 50.0 Å². The molecule has 2 aliphatic carbocycles. The topological polar surface area (TPSA) is 21.3 Å². The lowest BCUT2D eigenvalue weighted by Crippen LogP contribution is -2.59. The zero-order chi connectivity index (χ0) is 16.0. The van der Waals surface area contributed by atoms with Crippen LogP contribution in [0.5, 0.6) is 11.5 Å². The lowest BCUT2D eigenvalue weighted by molar-refractivity contribution is 0.0796. The number of fused-ring (bicyclic) bond motifs is 1. The van der Waals surface area contributed by atoms with Gasteiger partial charge >= 0.3 is 0 Å². The minimum Gasteiger partial charge on any atom is -0.457 e. The van der Waals surface area contributed by atoms with Crippen LogP contribution in [-0.2, 0) is 11.8 Å². The van der Waals surface area contributed by atoms with Crippen LogP contribution in [0.3, 0.4) is 0 Å². The van der Waals surface area contributed by atoms with Crippen molar-refractivity contribution < 1.29 is 4.74 Å². The van der Waals surface area contributed by atoms with Gasteiger partial charge in [0.2, 0.25) is 0 Å². The molecule has 3 atom stereocenters. The highest BCUT2D eigenvalue weighted by Crippen LogP contribution is 2.54. The molecule has 1 heterocycles. The van der Waals surface area contributed by atoms with Crippen molar-refractivity contribution in [2.24, 2.45) is 5.92 Å². The van der Waals surface area contributed by atoms with Crippen LogP contribution in [0.1, 0.15) is 43.2 Å². The third-order valence-electron chi connectivity index (χ3n) is 6.60. The van der Waals surface area contributed by atoms with E-state index in [1.165, 1.54) is 45.1 Å². The standard InChI is InChI=1S/C22H25NO/c1-2-6-17(7-3-1)24-18-10-9-16-14-21-19-8-4-5-11-22(19,12-13-23-21)20(16)15-18/h1-3,6-7,9-10,15,19,21,23H,4-5,8,11-14H2/t19-,21+,22+/m0/s1. The van der Waals surface area contributed by atoms with Crippen LogP contribution in [-0.4, -0.2) is 12.6 Å². The second kappa shape index (κ2) is 5.63. The number of rotatable bonds is 2. The lowest BCUT2D eigenvalue weighted by Gasteiger charge is -2.56. The van der Waals surface area contributed by atoms with Crippen molar-refractivity contribution in [2.75, 3.05) is 6.54 Å². The van der Waals surface area contributed by atoms with Crippen LogP contribution < -0.4 is 10.1 Å². The van der Waals surface area contributed by atoms with Gasteiger partial charge < -0.3 is 10.1 Å². The molecule has 2 nitrogen and oxygen atoms in total. The van der Waals surface area contributed by atoms with E-state index >= 15 is 0 Å². The van der Waals surface area contributed by atoms with E-state index in [0.29, 0.717) is 11.5 Å². The van der Waals surface area contributed by atoms with Gasteiger partial charge in [-0.1, -0.05) is 37.1 Å². The molecule has 3 aliphatic rings. The van der Waals surface area contributed by atoms with E-state index in [-0.39, 0.29) is 0 Å². The molecule has 1 saturated carbocycles. The summed E-state index contributed by atoms with van der Waals surface area (Å²) in [6.07, 6.45) is 8.01. The minimum absolute atomic E-state index is 0.401. The molecule has 2 aromatic carbocycles. The van der Waals surface area contributed by atoms with Gasteiger partial charge in [-0.2, -0.15) is 0 Å². The van der Waals surface area contributed by atoms with E-state index in [9.17, 15) is 0 Å². The first-order valence-electron chi connectivity index (χ1n) is 9.45. The highest BCUT2D eigenvalue weighted by molar-refractivity contribution is 5.46. The molecule has 2 aromatic rings. The number of benzene rings is 2. The Balaban J connectivity index is 1.56. The summed E-state index contributed by atoms with van der Waals surface area (Å²) < 4.78 is 6.14. The summed E-state index contributed by atoms with van der Waals surface area (Å²) in [6, 6.07) is 17.7. The molecule has 5 rings (SSSR count). The van der Waals surface area contributed by atoms with Crippen LogP contribution in [0.2, 0.25) is 0 Å². The van der Waals surface area contributed by atoms with Crippen LogP contribution in [0.25, 0.3) is 0 Å². The molecule has 1 aliphatic heterocycles. The second-order valence-electron chi connectivity index (χ2n) is 7.76. The fourth-order valence-electron chi connectivity index (χ4n) is 5.59. The van der Waals surface area contributed by atoms with Gasteiger partial charge in [0.15, 0.2) is 0 Å². The molecule has 0 unspecified atom stereocenters. The van der Waals surface area contributed by atoms with Crippen molar-refractivity contribution in [3.05, 3.63) is 59.7 Å². The summed E-state index contributed by atoms with van der Waals surface area (Å²) in [7, 11) is 0. The predicted octanol–water partition coefficient (Wildman–Crippen LogP) is 4.82. The smallest absolute Gasteiger partial charge is 0.127 e. The average molecular weight is 319 g/mol. The van der Waals surface area contributed by atoms with Gasteiger partial charge in [-0.15, -0.1) is 0 Å². The molecule has 1 N–H and O–H groups in total. The Morgan fingerprint density at radius 3 is 2.79 bits per heavy atom. The maximum absolute atomic E-state index is 6.14. The van der Waals surface area contributed by atoms with Crippen molar-refractivity contribution in [1.29, 1.82) is 0 Å². The molecule has 1 saturated heterocycles. The maximum atomic E-state index is 6.14. The predicted molar refractivity (Wildman–Crippen MR) is 96.7 cm³/mol. The molecule has 2 bridgehead atoms. The molecular weight excluding hydrogens is 294 g/mol. The van der Waals surface area contributed by atoms with Gasteiger partial charge in [-0.05, 0) is 73.5 Å². The SMILES string of the molecule is c1ccc(Oc2ccc3c(c2)[C@@]24CCCC[C@H]2[C@@H](C3)NCC4)cc1. The zero-order valence-electron chi connectivity index (χ0n) is 14.1. The van der Waals surface area contributed by atoms with Crippen LogP contribution in [0, 0.1) is 5.92 Å². The first-order chi connectivity index (χ1) is 11.9. The van der Waals surface area contributed by atoms with E-state index in [2.05, 4.69) is 23.5 Å². The zero-order valence-corrected chi connectivity index (χ0v) is 14.1. The number of para-hydroxylation sites is 1. The molecule has 0 radical (unpaired) electrons. The highest BCUT2D eigenvalue weighted by Gasteiger charge is 2.51. The van der Waals surface area contributed by atoms with E-state index in [1.54, 1.807) is 11.1 Å². The molecule has 0 spiro atoms. The summed E-state index contributed by atoms with van der Waals surface area (Å²) >= 11 is 0. The first kappa shape index (κ1) is 14.5. The van der Waals surface area contributed by atoms with Gasteiger partial charge in [0.05, 0.1) is 0 Å². The van der Waals surface area contributed by atoms with E-state index < -0.39 is 0 Å². The number of piperidine rings is 1. The maximum Gasteiger partial charge on any atom is 0.127 e. The van der Waals surface area contributed by atoms with Crippen molar-refractivity contribution in [3.8, 4) is 11.5 Å². The summed E-state index contributed by atoms with van der Waals surface area (Å²) in [5.41, 5.74) is 3.54. The van der Waals surface area contributed by atoms with Crippen molar-refractivity contribution in [3.63, 3.8) is 0 Å². The molecule has 24 heavy (non-hydrogen) atoms. The van der Waals surface area contributed by atoms with Gasteiger partial charge in [-0.3, -0.25) is 0 Å². The number of hydrogen-bond donors (Lipinski definition) is 1. The van der Waals surface area contributed by atoms with Crippen LogP contribution in [0.15, 0.2) is 48.5 Å². The minimum atomic E-state index is 0.401. The average Bonchev–Trinajstić information content (AvgIpc) is 2.63.